The summed E-state index contributed by atoms with van der Waals surface area (Å²) in [4.78, 5) is 48.9. The van der Waals surface area contributed by atoms with E-state index in [2.05, 4.69) is 45.1 Å². The van der Waals surface area contributed by atoms with Crippen molar-refractivity contribution in [1.29, 1.82) is 0 Å². The highest BCUT2D eigenvalue weighted by molar-refractivity contribution is 7.47. The van der Waals surface area contributed by atoms with Crippen molar-refractivity contribution in [3.8, 4) is 0 Å². The molecule has 2 N–H and O–H groups in total. The van der Waals surface area contributed by atoms with Crippen molar-refractivity contribution < 1.29 is 52.2 Å². The first-order valence-corrected chi connectivity index (χ1v) is 36.7. The molecule has 0 rings (SSSR count). The molecular weight excluding hydrogens is 1050 g/mol. The first-order chi connectivity index (χ1) is 40.2. The van der Waals surface area contributed by atoms with Gasteiger partial charge in [-0.3, -0.25) is 23.4 Å². The van der Waals surface area contributed by atoms with Crippen molar-refractivity contribution in [1.82, 2.24) is 0 Å². The van der Waals surface area contributed by atoms with Crippen molar-refractivity contribution in [2.75, 3.05) is 26.4 Å². The fourth-order valence-corrected chi connectivity index (χ4v) is 11.3. The van der Waals surface area contributed by atoms with Gasteiger partial charge in [0.2, 0.25) is 0 Å². The third kappa shape index (κ3) is 62.5. The van der Waals surface area contributed by atoms with Crippen molar-refractivity contribution in [2.24, 2.45) is 0 Å². The molecule has 0 saturated carbocycles. The molecule has 82 heavy (non-hydrogen) atoms. The van der Waals surface area contributed by atoms with E-state index in [9.17, 15) is 28.9 Å². The van der Waals surface area contributed by atoms with Gasteiger partial charge in [0.25, 0.3) is 0 Å². The average Bonchev–Trinajstić information content (AvgIpc) is 3.47. The normalized spacial score (nSPS) is 13.3. The minimum absolute atomic E-state index is 0.175. The number of rotatable bonds is 67. The highest BCUT2D eigenvalue weighted by Gasteiger charge is 2.28. The average molecular weight is 1180 g/mol. The lowest BCUT2D eigenvalue weighted by Crippen LogP contribution is -2.30. The summed E-state index contributed by atoms with van der Waals surface area (Å²) >= 11 is 0. The summed E-state index contributed by atoms with van der Waals surface area (Å²) in [6.45, 7) is 4.73. The van der Waals surface area contributed by atoms with E-state index in [4.69, 9.17) is 23.3 Å². The van der Waals surface area contributed by atoms with E-state index in [-0.39, 0.29) is 25.9 Å². The van der Waals surface area contributed by atoms with Gasteiger partial charge >= 0.3 is 25.7 Å². The van der Waals surface area contributed by atoms with Gasteiger partial charge in [-0.15, -0.1) is 0 Å². The molecular formula is C70H133O11P. The molecule has 0 heterocycles. The zero-order valence-corrected chi connectivity index (χ0v) is 54.9. The second kappa shape index (κ2) is 64.9. The molecule has 0 aromatic rings. The van der Waals surface area contributed by atoms with Gasteiger partial charge in [-0.05, 0) is 51.4 Å². The van der Waals surface area contributed by atoms with Crippen LogP contribution >= 0.6 is 7.82 Å². The highest BCUT2D eigenvalue weighted by Crippen LogP contribution is 2.43. The number of aliphatic hydroxyl groups is 1. The van der Waals surface area contributed by atoms with Crippen molar-refractivity contribution in [2.45, 2.75) is 380 Å². The Morgan fingerprint density at radius 1 is 0.341 bits per heavy atom. The van der Waals surface area contributed by atoms with Gasteiger partial charge in [0.1, 0.15) is 12.7 Å². The summed E-state index contributed by atoms with van der Waals surface area (Å²) in [5.74, 6) is -1.43. The number of hydrogen-bond acceptors (Lipinski definition) is 10. The predicted octanol–water partition coefficient (Wildman–Crippen LogP) is 21.7. The molecule has 0 aromatic carbocycles. The summed E-state index contributed by atoms with van der Waals surface area (Å²) in [5, 5.41) is 9.88. The van der Waals surface area contributed by atoms with E-state index in [0.717, 1.165) is 70.6 Å². The Labute approximate surface area is 506 Å². The SMILES string of the molecule is CCCCC/C=C\C/C=C\CCCCCCCCCCCC(=O)OCC(COP(=O)(O)OCC(CO)OC(=O)CCCCCCCCCCCCCCCCCCC)OC(=O)CCCCCCCCCCCCCCCCCCCCC. The molecule has 0 radical (unpaired) electrons. The van der Waals surface area contributed by atoms with Gasteiger partial charge in [-0.2, -0.15) is 0 Å². The van der Waals surface area contributed by atoms with E-state index >= 15 is 0 Å². The van der Waals surface area contributed by atoms with Crippen LogP contribution in [0, 0.1) is 0 Å². The molecule has 0 aromatic heterocycles. The minimum atomic E-state index is -4.75. The molecule has 3 atom stereocenters. The molecule has 484 valence electrons. The Morgan fingerprint density at radius 2 is 0.598 bits per heavy atom. The quantitative estimate of drug-likeness (QED) is 0.0197. The van der Waals surface area contributed by atoms with Crippen molar-refractivity contribution >= 4 is 25.7 Å². The fraction of sp³-hybridized carbons (Fsp3) is 0.900. The summed E-state index contributed by atoms with van der Waals surface area (Å²) in [6, 6.07) is 0. The maximum Gasteiger partial charge on any atom is 0.472 e. The lowest BCUT2D eigenvalue weighted by atomic mass is 10.0. The molecule has 3 unspecified atom stereocenters. The lowest BCUT2D eigenvalue weighted by molar-refractivity contribution is -0.161. The van der Waals surface area contributed by atoms with Crippen molar-refractivity contribution in [3.63, 3.8) is 0 Å². The van der Waals surface area contributed by atoms with Gasteiger partial charge in [0, 0.05) is 19.3 Å². The maximum absolute atomic E-state index is 13.0. The Hall–Kier alpha value is -2.04. The fourth-order valence-electron chi connectivity index (χ4n) is 10.5. The smallest absolute Gasteiger partial charge is 0.462 e. The molecule has 0 spiro atoms. The minimum Gasteiger partial charge on any atom is -0.462 e. The Morgan fingerprint density at radius 3 is 0.927 bits per heavy atom. The van der Waals surface area contributed by atoms with Gasteiger partial charge in [-0.25, -0.2) is 4.57 Å². The number of esters is 3. The third-order valence-electron chi connectivity index (χ3n) is 15.9. The standard InChI is InChI=1S/C70H133O11P/c1-4-7-10-13-16-19-22-25-28-31-33-36-38-41-44-47-50-53-56-59-68(72)77-63-67(81-70(74)61-58-55-52-49-46-43-40-37-34-32-29-26-23-20-17-14-11-8-5-2)65-79-82(75,76)78-64-66(62-71)80-69(73)60-57-54-51-48-45-42-39-35-30-27-24-21-18-15-12-9-6-3/h16,19,25,28,66-67,71H,4-15,17-18,20-24,26-27,29-65H2,1-3H3,(H,75,76)/b19-16-,28-25-. The number of ether oxygens (including phenoxy) is 3. The number of phosphoric acid groups is 1. The van der Waals surface area contributed by atoms with Crippen LogP contribution in [0.4, 0.5) is 0 Å². The van der Waals surface area contributed by atoms with E-state index < -0.39 is 57.8 Å². The summed E-state index contributed by atoms with van der Waals surface area (Å²) in [6.07, 6.45) is 69.8. The molecule has 0 fully saturated rings. The van der Waals surface area contributed by atoms with Crippen LogP contribution in [-0.2, 0) is 42.2 Å². The van der Waals surface area contributed by atoms with E-state index in [1.54, 1.807) is 0 Å². The third-order valence-corrected chi connectivity index (χ3v) is 16.8. The number of phosphoric ester groups is 1. The topological polar surface area (TPSA) is 155 Å². The number of carbonyl (C=O) groups is 3. The van der Waals surface area contributed by atoms with Gasteiger partial charge in [-0.1, -0.05) is 321 Å². The van der Waals surface area contributed by atoms with Crippen LogP contribution in [0.1, 0.15) is 367 Å². The van der Waals surface area contributed by atoms with Crippen LogP contribution in [-0.4, -0.2) is 66.5 Å². The number of unbranched alkanes of at least 4 members (excludes halogenated alkanes) is 46. The van der Waals surface area contributed by atoms with Crippen LogP contribution in [0.15, 0.2) is 24.3 Å². The molecule has 0 amide bonds. The number of allylic oxidation sites excluding steroid dienone is 4. The van der Waals surface area contributed by atoms with Gasteiger partial charge in [0.05, 0.1) is 19.8 Å². The van der Waals surface area contributed by atoms with Gasteiger partial charge < -0.3 is 24.2 Å². The largest absolute Gasteiger partial charge is 0.472 e. The van der Waals surface area contributed by atoms with E-state index in [0.29, 0.717) is 19.3 Å². The van der Waals surface area contributed by atoms with Gasteiger partial charge in [0.15, 0.2) is 6.10 Å². The summed E-state index contributed by atoms with van der Waals surface area (Å²) in [5.41, 5.74) is 0. The Bertz CT molecular complexity index is 1470. The van der Waals surface area contributed by atoms with Crippen LogP contribution in [0.3, 0.4) is 0 Å². The molecule has 0 aliphatic carbocycles. The highest BCUT2D eigenvalue weighted by atomic mass is 31.2. The van der Waals surface area contributed by atoms with E-state index in [1.165, 1.54) is 238 Å². The zero-order chi connectivity index (χ0) is 59.8. The zero-order valence-electron chi connectivity index (χ0n) is 54.0. The maximum atomic E-state index is 13.0. The Balaban J connectivity index is 4.63. The predicted molar refractivity (Wildman–Crippen MR) is 344 cm³/mol. The first-order valence-electron chi connectivity index (χ1n) is 35.2. The number of carbonyl (C=O) groups excluding carboxylic acids is 3. The lowest BCUT2D eigenvalue weighted by Gasteiger charge is -2.21. The van der Waals surface area contributed by atoms with Crippen LogP contribution in [0.5, 0.6) is 0 Å². The number of aliphatic hydroxyl groups excluding tert-OH is 1. The second-order valence-corrected chi connectivity index (χ2v) is 25.5. The molecule has 0 aliphatic rings. The Kier molecular flexibility index (Phi) is 63.3. The molecule has 11 nitrogen and oxygen atoms in total. The molecule has 0 aliphatic heterocycles. The first kappa shape index (κ1) is 80.0. The van der Waals surface area contributed by atoms with Crippen LogP contribution in [0.2, 0.25) is 0 Å². The monoisotopic (exact) mass is 1180 g/mol. The second-order valence-electron chi connectivity index (χ2n) is 24.1. The molecule has 0 saturated heterocycles. The van der Waals surface area contributed by atoms with Crippen molar-refractivity contribution in [3.05, 3.63) is 24.3 Å². The van der Waals surface area contributed by atoms with Crippen LogP contribution < -0.4 is 0 Å². The number of hydrogen-bond donors (Lipinski definition) is 2. The van der Waals surface area contributed by atoms with Crippen LogP contribution in [0.25, 0.3) is 0 Å². The summed E-state index contributed by atoms with van der Waals surface area (Å²) in [7, 11) is -4.75. The molecule has 0 bridgehead atoms. The molecule has 12 heteroatoms. The van der Waals surface area contributed by atoms with E-state index in [1.807, 2.05) is 0 Å². The summed E-state index contributed by atoms with van der Waals surface area (Å²) < 4.78 is 39.8.